The summed E-state index contributed by atoms with van der Waals surface area (Å²) in [5.74, 6) is 1.92. The van der Waals surface area contributed by atoms with Crippen LogP contribution in [0.3, 0.4) is 0 Å². The number of hydrogen-bond acceptors (Lipinski definition) is 4. The maximum absolute atomic E-state index is 12.3. The van der Waals surface area contributed by atoms with Gasteiger partial charge >= 0.3 is 0 Å². The van der Waals surface area contributed by atoms with Crippen molar-refractivity contribution in [1.82, 2.24) is 0 Å². The maximum Gasteiger partial charge on any atom is 0.146 e. The van der Waals surface area contributed by atoms with Crippen molar-refractivity contribution < 1.29 is 14.3 Å². The minimum Gasteiger partial charge on any atom is -0.363 e. The third-order valence-electron chi connectivity index (χ3n) is 5.00. The van der Waals surface area contributed by atoms with Crippen LogP contribution in [0.15, 0.2) is 0 Å². The normalized spacial score (nSPS) is 68.1. The van der Waals surface area contributed by atoms with Crippen molar-refractivity contribution in [3.05, 3.63) is 0 Å². The summed E-state index contributed by atoms with van der Waals surface area (Å²) >= 11 is 1.78. The fourth-order valence-electron chi connectivity index (χ4n) is 4.58. The number of thioether (sulfide) groups is 1. The number of carbonyl (C=O) groups is 1. The molecule has 2 aliphatic carbocycles. The summed E-state index contributed by atoms with van der Waals surface area (Å²) in [6, 6.07) is 0. The van der Waals surface area contributed by atoms with E-state index in [4.69, 9.17) is 9.47 Å². The summed E-state index contributed by atoms with van der Waals surface area (Å²) in [4.78, 5) is 12.3. The van der Waals surface area contributed by atoms with Gasteiger partial charge in [0, 0.05) is 11.8 Å². The van der Waals surface area contributed by atoms with Crippen LogP contribution in [-0.4, -0.2) is 28.9 Å². The lowest BCUT2D eigenvalue weighted by Crippen LogP contribution is -2.36. The van der Waals surface area contributed by atoms with Crippen molar-refractivity contribution in [2.24, 2.45) is 23.7 Å². The van der Waals surface area contributed by atoms with E-state index >= 15 is 0 Å². The molecule has 3 heterocycles. The van der Waals surface area contributed by atoms with Crippen molar-refractivity contribution in [3.63, 3.8) is 0 Å². The van der Waals surface area contributed by atoms with Gasteiger partial charge in [0.25, 0.3) is 0 Å². The molecule has 2 saturated carbocycles. The first kappa shape index (κ1) is 8.09. The summed E-state index contributed by atoms with van der Waals surface area (Å²) in [6.07, 6.45) is 2.94. The predicted octanol–water partition coefficient (Wildman–Crippen LogP) is 1.02. The Balaban J connectivity index is 1.77. The predicted molar refractivity (Wildman–Crippen MR) is 53.1 cm³/mol. The Morgan fingerprint density at radius 2 is 1.53 bits per heavy atom. The van der Waals surface area contributed by atoms with E-state index in [1.807, 2.05) is 0 Å². The monoisotopic (exact) mass is 224 g/mol. The van der Waals surface area contributed by atoms with Crippen LogP contribution in [0.2, 0.25) is 0 Å². The Hall–Kier alpha value is -0.0600. The lowest BCUT2D eigenvalue weighted by atomic mass is 9.75. The Morgan fingerprint density at radius 3 is 2.07 bits per heavy atom. The van der Waals surface area contributed by atoms with Crippen LogP contribution in [0.4, 0.5) is 0 Å². The van der Waals surface area contributed by atoms with Crippen LogP contribution in [-0.2, 0) is 14.3 Å². The van der Waals surface area contributed by atoms with E-state index in [9.17, 15) is 4.79 Å². The number of ether oxygens (including phenoxy) is 2. The second-order valence-electron chi connectivity index (χ2n) is 5.41. The molecule has 0 unspecified atom stereocenters. The van der Waals surface area contributed by atoms with Gasteiger partial charge in [-0.15, -0.1) is 0 Å². The lowest BCUT2D eigenvalue weighted by molar-refractivity contribution is -0.126. The zero-order valence-electron chi connectivity index (χ0n) is 8.17. The molecule has 3 nitrogen and oxygen atoms in total. The molecule has 0 aromatic heterocycles. The van der Waals surface area contributed by atoms with Gasteiger partial charge in [0.05, 0.1) is 24.0 Å². The summed E-state index contributed by atoms with van der Waals surface area (Å²) in [5.41, 5.74) is 0.246. The highest BCUT2D eigenvalue weighted by Crippen LogP contribution is 2.66. The van der Waals surface area contributed by atoms with Gasteiger partial charge in [-0.3, -0.25) is 4.79 Å². The van der Waals surface area contributed by atoms with E-state index in [0.717, 1.165) is 12.8 Å². The summed E-state index contributed by atoms with van der Waals surface area (Å²) < 4.78 is 12.0. The average molecular weight is 224 g/mol. The number of ketones is 1. The number of rotatable bonds is 0. The SMILES string of the molecule is O=C1[C@@H]2[C@@H]3[C@@H]4[C@H]1[C@H]1O[C@@H]4CC[C@@H]3O[C@@H]2S1. The molecule has 0 aromatic carbocycles. The molecule has 4 heteroatoms. The van der Waals surface area contributed by atoms with Gasteiger partial charge in [-0.2, -0.15) is 0 Å². The Kier molecular flexibility index (Phi) is 1.23. The first-order valence-electron chi connectivity index (χ1n) is 5.85. The van der Waals surface area contributed by atoms with E-state index < -0.39 is 0 Å². The molecule has 15 heavy (non-hydrogen) atoms. The standard InChI is InChI=1S/C11H12O3S/c12-9-7-5-3-1-2-4-6(5)8(9)11(14-4)15-10(7)13-3/h3-8,10-11H,1-2H2/t3-,4+,5-,6+,7-,8+,10+,11-. The second-order valence-corrected chi connectivity index (χ2v) is 6.61. The molecule has 0 N–H and O–H groups in total. The zero-order chi connectivity index (χ0) is 9.73. The van der Waals surface area contributed by atoms with Crippen LogP contribution < -0.4 is 0 Å². The van der Waals surface area contributed by atoms with Gasteiger partial charge in [0.1, 0.15) is 16.7 Å². The third-order valence-corrected chi connectivity index (χ3v) is 6.34. The first-order chi connectivity index (χ1) is 7.34. The molecule has 3 saturated heterocycles. The van der Waals surface area contributed by atoms with Crippen LogP contribution in [0.5, 0.6) is 0 Å². The first-order valence-corrected chi connectivity index (χ1v) is 6.79. The van der Waals surface area contributed by atoms with Gasteiger partial charge in [0.15, 0.2) is 0 Å². The molecule has 5 rings (SSSR count). The topological polar surface area (TPSA) is 35.5 Å². The van der Waals surface area contributed by atoms with Crippen LogP contribution in [0, 0.1) is 23.7 Å². The number of Topliss-reactive ketones (excluding diaryl/α,β-unsaturated/α-hetero) is 1. The summed E-state index contributed by atoms with van der Waals surface area (Å²) in [7, 11) is 0. The Bertz CT molecular complexity index is 339. The maximum atomic E-state index is 12.3. The van der Waals surface area contributed by atoms with Gasteiger partial charge in [-0.1, -0.05) is 11.8 Å². The van der Waals surface area contributed by atoms with Crippen molar-refractivity contribution in [2.75, 3.05) is 0 Å². The fourth-order valence-corrected chi connectivity index (χ4v) is 6.23. The van der Waals surface area contributed by atoms with Gasteiger partial charge < -0.3 is 9.47 Å². The minimum atomic E-state index is 0.123. The van der Waals surface area contributed by atoms with E-state index in [-0.39, 0.29) is 22.7 Å². The highest BCUT2D eigenvalue weighted by molar-refractivity contribution is 8.00. The third kappa shape index (κ3) is 0.709. The molecule has 0 amide bonds. The molecule has 5 aliphatic rings. The smallest absolute Gasteiger partial charge is 0.146 e. The Morgan fingerprint density at radius 1 is 1.00 bits per heavy atom. The average Bonchev–Trinajstić information content (AvgIpc) is 2.79. The van der Waals surface area contributed by atoms with E-state index in [1.54, 1.807) is 11.8 Å². The van der Waals surface area contributed by atoms with Crippen LogP contribution in [0.1, 0.15) is 12.8 Å². The number of carbonyl (C=O) groups excluding carboxylic acids is 1. The van der Waals surface area contributed by atoms with Crippen LogP contribution >= 0.6 is 11.8 Å². The van der Waals surface area contributed by atoms with Gasteiger partial charge in [0.2, 0.25) is 0 Å². The van der Waals surface area contributed by atoms with E-state index in [0.29, 0.717) is 29.8 Å². The molecular formula is C11H12O3S. The lowest BCUT2D eigenvalue weighted by Gasteiger charge is -2.32. The van der Waals surface area contributed by atoms with Crippen molar-refractivity contribution in [1.29, 1.82) is 0 Å². The summed E-state index contributed by atoms with van der Waals surface area (Å²) in [6.45, 7) is 0. The quantitative estimate of drug-likeness (QED) is 0.615. The molecule has 3 aliphatic heterocycles. The molecule has 2 bridgehead atoms. The Labute approximate surface area is 91.9 Å². The molecule has 80 valence electrons. The van der Waals surface area contributed by atoms with E-state index in [2.05, 4.69) is 0 Å². The highest BCUT2D eigenvalue weighted by atomic mass is 32.2. The second kappa shape index (κ2) is 2.29. The van der Waals surface area contributed by atoms with Gasteiger partial charge in [-0.05, 0) is 12.8 Å². The molecule has 0 radical (unpaired) electrons. The van der Waals surface area contributed by atoms with Gasteiger partial charge in [-0.25, -0.2) is 0 Å². The molecule has 5 fully saturated rings. The summed E-state index contributed by atoms with van der Waals surface area (Å²) in [5, 5.41) is 0. The largest absolute Gasteiger partial charge is 0.363 e. The molecule has 0 spiro atoms. The number of hydrogen-bond donors (Lipinski definition) is 0. The fraction of sp³-hybridized carbons (Fsp3) is 0.909. The van der Waals surface area contributed by atoms with Crippen molar-refractivity contribution in [3.8, 4) is 0 Å². The van der Waals surface area contributed by atoms with Crippen molar-refractivity contribution >= 4 is 17.5 Å². The van der Waals surface area contributed by atoms with E-state index in [1.165, 1.54) is 0 Å². The molecule has 8 atom stereocenters. The molecular weight excluding hydrogens is 212 g/mol. The zero-order valence-corrected chi connectivity index (χ0v) is 8.98. The minimum absolute atomic E-state index is 0.123. The molecule has 0 aromatic rings. The van der Waals surface area contributed by atoms with Crippen molar-refractivity contribution in [2.45, 2.75) is 35.9 Å². The van der Waals surface area contributed by atoms with Crippen LogP contribution in [0.25, 0.3) is 0 Å². The highest BCUT2D eigenvalue weighted by Gasteiger charge is 2.72.